The van der Waals surface area contributed by atoms with Crippen LogP contribution >= 0.6 is 0 Å². The second-order valence-electron chi connectivity index (χ2n) is 16.8. The normalized spacial score (nSPS) is 20.7. The lowest BCUT2D eigenvalue weighted by Crippen LogP contribution is -2.60. The molecule has 7 unspecified atom stereocenters. The number of carbonyl (C=O) groups excluding carboxylic acids is 2. The molecule has 61 heavy (non-hydrogen) atoms. The number of allylic oxidation sites excluding steroid dienone is 7. The van der Waals surface area contributed by atoms with Gasteiger partial charge in [0.15, 0.2) is 6.29 Å². The highest BCUT2D eigenvalue weighted by atomic mass is 16.7. The van der Waals surface area contributed by atoms with E-state index < -0.39 is 49.5 Å². The number of hydrogen-bond donors (Lipinski definition) is 6. The molecule has 0 saturated carbocycles. The van der Waals surface area contributed by atoms with E-state index in [0.29, 0.717) is 25.9 Å². The van der Waals surface area contributed by atoms with E-state index in [1.807, 2.05) is 6.08 Å². The van der Waals surface area contributed by atoms with E-state index in [1.54, 1.807) is 6.08 Å². The summed E-state index contributed by atoms with van der Waals surface area (Å²) in [7, 11) is 0. The van der Waals surface area contributed by atoms with E-state index in [4.69, 9.17) is 14.2 Å². The van der Waals surface area contributed by atoms with Gasteiger partial charge in [-0.05, 0) is 89.9 Å². The van der Waals surface area contributed by atoms with Crippen LogP contribution in [0.5, 0.6) is 0 Å². The maximum Gasteiger partial charge on any atom is 0.305 e. The summed E-state index contributed by atoms with van der Waals surface area (Å²) in [6, 6.07) is -0.848. The van der Waals surface area contributed by atoms with Crippen LogP contribution < -0.4 is 5.32 Å². The van der Waals surface area contributed by atoms with Gasteiger partial charge in [-0.2, -0.15) is 0 Å². The van der Waals surface area contributed by atoms with E-state index in [2.05, 4.69) is 55.6 Å². The number of nitrogens with one attached hydrogen (secondary N) is 1. The second-order valence-corrected chi connectivity index (χ2v) is 16.8. The van der Waals surface area contributed by atoms with Gasteiger partial charge in [-0.25, -0.2) is 0 Å². The van der Waals surface area contributed by atoms with Gasteiger partial charge in [0.25, 0.3) is 0 Å². The zero-order valence-corrected chi connectivity index (χ0v) is 38.4. The third-order valence-corrected chi connectivity index (χ3v) is 11.1. The summed E-state index contributed by atoms with van der Waals surface area (Å²) >= 11 is 0. The number of hydrogen-bond acceptors (Lipinski definition) is 10. The first kappa shape index (κ1) is 56.6. The van der Waals surface area contributed by atoms with Crippen molar-refractivity contribution in [1.29, 1.82) is 0 Å². The molecule has 1 aliphatic heterocycles. The van der Waals surface area contributed by atoms with Crippen LogP contribution in [0.25, 0.3) is 0 Å². The number of amides is 1. The summed E-state index contributed by atoms with van der Waals surface area (Å²) in [5.74, 6) is -0.296. The molecule has 6 N–H and O–H groups in total. The molecule has 0 aromatic rings. The number of carbonyl (C=O) groups is 2. The summed E-state index contributed by atoms with van der Waals surface area (Å²) in [4.78, 5) is 24.9. The van der Waals surface area contributed by atoms with Gasteiger partial charge < -0.3 is 45.1 Å². The fourth-order valence-corrected chi connectivity index (χ4v) is 7.13. The molecule has 1 rings (SSSR count). The van der Waals surface area contributed by atoms with Crippen molar-refractivity contribution in [1.82, 2.24) is 5.32 Å². The monoisotopic (exact) mass is 864 g/mol. The molecule has 0 radical (unpaired) electrons. The molecule has 7 atom stereocenters. The number of aliphatic hydroxyl groups excluding tert-OH is 5. The van der Waals surface area contributed by atoms with Crippen molar-refractivity contribution in [2.75, 3.05) is 19.8 Å². The summed E-state index contributed by atoms with van der Waals surface area (Å²) in [5.41, 5.74) is 0. The van der Waals surface area contributed by atoms with E-state index >= 15 is 0 Å². The second kappa shape index (κ2) is 40.4. The van der Waals surface area contributed by atoms with Crippen molar-refractivity contribution in [3.8, 4) is 0 Å². The number of unbranched alkanes of at least 4 members (excludes halogenated alkanes) is 20. The third-order valence-electron chi connectivity index (χ3n) is 11.1. The molecular weight excluding hydrogens is 775 g/mol. The fraction of sp³-hybridized carbons (Fsp3) is 0.800. The molecule has 354 valence electrons. The van der Waals surface area contributed by atoms with Gasteiger partial charge in [0.1, 0.15) is 24.4 Å². The predicted molar refractivity (Wildman–Crippen MR) is 246 cm³/mol. The molecule has 1 saturated heterocycles. The fourth-order valence-electron chi connectivity index (χ4n) is 7.13. The Morgan fingerprint density at radius 3 is 1.67 bits per heavy atom. The molecule has 1 aliphatic rings. The number of esters is 1. The van der Waals surface area contributed by atoms with E-state index in [0.717, 1.165) is 83.5 Å². The Labute approximate surface area is 370 Å². The predicted octanol–water partition coefficient (Wildman–Crippen LogP) is 9.38. The number of ether oxygens (including phenoxy) is 3. The largest absolute Gasteiger partial charge is 0.466 e. The SMILES string of the molecule is CCCC/C=C\CCCCCCCC(=O)OCCCC/C=C\CCCCCCCC(=O)NC(COC1OC(CO)C(O)C(O)C1O)C(O)/C=C/CC/C=C/CCCCCCC. The van der Waals surface area contributed by atoms with E-state index in [1.165, 1.54) is 77.0 Å². The zero-order valence-electron chi connectivity index (χ0n) is 38.4. The van der Waals surface area contributed by atoms with Gasteiger partial charge in [0.2, 0.25) is 5.91 Å². The Morgan fingerprint density at radius 2 is 1.08 bits per heavy atom. The van der Waals surface area contributed by atoms with Crippen LogP contribution in [-0.4, -0.2) is 100 Å². The van der Waals surface area contributed by atoms with Gasteiger partial charge in [0.05, 0.1) is 32.0 Å². The lowest BCUT2D eigenvalue weighted by Gasteiger charge is -2.40. The van der Waals surface area contributed by atoms with E-state index in [9.17, 15) is 35.1 Å². The minimum Gasteiger partial charge on any atom is -0.466 e. The minimum absolute atomic E-state index is 0.0709. The molecule has 0 aromatic carbocycles. The Balaban J connectivity index is 2.26. The van der Waals surface area contributed by atoms with Crippen molar-refractivity contribution >= 4 is 11.9 Å². The van der Waals surface area contributed by atoms with Gasteiger partial charge in [-0.15, -0.1) is 0 Å². The molecule has 0 bridgehead atoms. The van der Waals surface area contributed by atoms with Crippen LogP contribution in [-0.2, 0) is 23.8 Å². The zero-order chi connectivity index (χ0) is 44.6. The molecule has 11 nitrogen and oxygen atoms in total. The molecular formula is C50H89NO10. The van der Waals surface area contributed by atoms with Crippen molar-refractivity contribution in [2.24, 2.45) is 0 Å². The molecule has 11 heteroatoms. The van der Waals surface area contributed by atoms with Crippen molar-refractivity contribution in [3.63, 3.8) is 0 Å². The van der Waals surface area contributed by atoms with E-state index in [-0.39, 0.29) is 18.5 Å². The van der Waals surface area contributed by atoms with Gasteiger partial charge in [0, 0.05) is 12.8 Å². The first-order valence-corrected chi connectivity index (χ1v) is 24.4. The first-order chi connectivity index (χ1) is 29.7. The van der Waals surface area contributed by atoms with Crippen molar-refractivity contribution < 1.29 is 49.3 Å². The quantitative estimate of drug-likeness (QED) is 0.0198. The minimum atomic E-state index is -1.59. The average molecular weight is 864 g/mol. The van der Waals surface area contributed by atoms with Crippen LogP contribution in [0, 0.1) is 0 Å². The van der Waals surface area contributed by atoms with Crippen molar-refractivity contribution in [2.45, 2.75) is 236 Å². The third kappa shape index (κ3) is 31.2. The van der Waals surface area contributed by atoms with Crippen LogP contribution in [0.3, 0.4) is 0 Å². The first-order valence-electron chi connectivity index (χ1n) is 24.4. The lowest BCUT2D eigenvalue weighted by molar-refractivity contribution is -0.302. The lowest BCUT2D eigenvalue weighted by atomic mass is 9.99. The molecule has 0 aromatic heterocycles. The van der Waals surface area contributed by atoms with Gasteiger partial charge in [-0.1, -0.05) is 140 Å². The summed E-state index contributed by atoms with van der Waals surface area (Å²) in [6.45, 7) is 4.13. The van der Waals surface area contributed by atoms with Crippen LogP contribution in [0.2, 0.25) is 0 Å². The van der Waals surface area contributed by atoms with Crippen LogP contribution in [0.15, 0.2) is 48.6 Å². The Hall–Kier alpha value is -2.38. The van der Waals surface area contributed by atoms with Crippen LogP contribution in [0.4, 0.5) is 0 Å². The smallest absolute Gasteiger partial charge is 0.305 e. The highest BCUT2D eigenvalue weighted by Crippen LogP contribution is 2.22. The maximum absolute atomic E-state index is 12.9. The Kier molecular flexibility index (Phi) is 37.5. The highest BCUT2D eigenvalue weighted by molar-refractivity contribution is 5.76. The maximum atomic E-state index is 12.9. The summed E-state index contributed by atoms with van der Waals surface area (Å²) in [5, 5.41) is 54.1. The number of aliphatic hydroxyl groups is 5. The Bertz CT molecular complexity index is 1160. The topological polar surface area (TPSA) is 175 Å². The molecule has 1 fully saturated rings. The van der Waals surface area contributed by atoms with Crippen LogP contribution in [0.1, 0.15) is 194 Å². The van der Waals surface area contributed by atoms with Crippen molar-refractivity contribution in [3.05, 3.63) is 48.6 Å². The van der Waals surface area contributed by atoms with Gasteiger partial charge in [-0.3, -0.25) is 9.59 Å². The average Bonchev–Trinajstić information content (AvgIpc) is 3.25. The summed E-state index contributed by atoms with van der Waals surface area (Å²) < 4.78 is 16.6. The molecule has 1 amide bonds. The standard InChI is InChI=1S/C50H89NO10/c1-3-5-7-9-11-13-16-20-24-28-32-36-43(53)42(41-60-50-49(58)48(57)47(56)44(40-52)61-50)51-45(54)37-33-29-25-21-18-15-19-23-27-31-35-39-59-46(55)38-34-30-26-22-17-14-12-10-8-6-4-2/h10,12,16,19-20,23,32,36,42-44,47-50,52-53,56-58H,3-9,11,13-15,17-18,21-22,24-31,33-35,37-41H2,1-2H3,(H,51,54)/b12-10-,20-16+,23-19-,36-32+. The Morgan fingerprint density at radius 1 is 0.590 bits per heavy atom. The van der Waals surface area contributed by atoms with Gasteiger partial charge >= 0.3 is 5.97 Å². The number of rotatable bonds is 40. The molecule has 1 heterocycles. The summed E-state index contributed by atoms with van der Waals surface area (Å²) in [6.07, 6.45) is 37.6. The molecule has 0 aliphatic carbocycles. The molecule has 0 spiro atoms. The highest BCUT2D eigenvalue weighted by Gasteiger charge is 2.44.